The molecule has 20 heavy (non-hydrogen) atoms. The Morgan fingerprint density at radius 3 is 2.75 bits per heavy atom. The Morgan fingerprint density at radius 1 is 1.25 bits per heavy atom. The molecule has 2 aromatic carbocycles. The van der Waals surface area contributed by atoms with E-state index in [9.17, 15) is 4.39 Å². The van der Waals surface area contributed by atoms with E-state index in [0.717, 1.165) is 16.7 Å². The Morgan fingerprint density at radius 2 is 2.05 bits per heavy atom. The van der Waals surface area contributed by atoms with Gasteiger partial charge in [-0.1, -0.05) is 0 Å². The Bertz CT molecular complexity index is 920. The fourth-order valence-electron chi connectivity index (χ4n) is 2.07. The standard InChI is InChI=1S/C14H7BrFN3S/c15-10-6-9(16)2-4-12(10)19-13-5-8(7-17)1-3-11(13)18-14(19)20/h1-6H,(H,18,20). The second kappa shape index (κ2) is 4.85. The molecule has 0 bridgehead atoms. The molecule has 0 aliphatic heterocycles. The van der Waals surface area contributed by atoms with Crippen molar-refractivity contribution in [2.45, 2.75) is 0 Å². The van der Waals surface area contributed by atoms with Crippen LogP contribution in [0.25, 0.3) is 16.7 Å². The molecule has 98 valence electrons. The van der Waals surface area contributed by atoms with E-state index >= 15 is 0 Å². The van der Waals surface area contributed by atoms with Crippen LogP contribution in [0.5, 0.6) is 0 Å². The minimum Gasteiger partial charge on any atom is -0.330 e. The van der Waals surface area contributed by atoms with Crippen LogP contribution in [0, 0.1) is 21.9 Å². The Kier molecular flexibility index (Phi) is 3.16. The van der Waals surface area contributed by atoms with Crippen LogP contribution >= 0.6 is 28.1 Å². The van der Waals surface area contributed by atoms with E-state index in [2.05, 4.69) is 27.0 Å². The molecule has 1 heterocycles. The number of rotatable bonds is 1. The van der Waals surface area contributed by atoms with E-state index in [0.29, 0.717) is 14.8 Å². The topological polar surface area (TPSA) is 44.5 Å². The van der Waals surface area contributed by atoms with Gasteiger partial charge in [0, 0.05) is 4.47 Å². The molecular formula is C14H7BrFN3S. The van der Waals surface area contributed by atoms with Crippen LogP contribution in [-0.2, 0) is 0 Å². The average Bonchev–Trinajstić information content (AvgIpc) is 2.74. The summed E-state index contributed by atoms with van der Waals surface area (Å²) >= 11 is 8.65. The molecule has 0 aliphatic carbocycles. The van der Waals surface area contributed by atoms with E-state index in [1.54, 1.807) is 28.8 Å². The van der Waals surface area contributed by atoms with Crippen LogP contribution in [0.2, 0.25) is 0 Å². The predicted molar refractivity (Wildman–Crippen MR) is 80.8 cm³/mol. The fourth-order valence-corrected chi connectivity index (χ4v) is 2.91. The molecule has 0 unspecified atom stereocenters. The van der Waals surface area contributed by atoms with Crippen molar-refractivity contribution < 1.29 is 4.39 Å². The van der Waals surface area contributed by atoms with Gasteiger partial charge < -0.3 is 4.98 Å². The molecule has 1 aromatic heterocycles. The van der Waals surface area contributed by atoms with Crippen LogP contribution < -0.4 is 0 Å². The van der Waals surface area contributed by atoms with Gasteiger partial charge in [-0.15, -0.1) is 0 Å². The van der Waals surface area contributed by atoms with Gasteiger partial charge in [0.2, 0.25) is 0 Å². The highest BCUT2D eigenvalue weighted by Gasteiger charge is 2.10. The van der Waals surface area contributed by atoms with Gasteiger partial charge in [-0.05, 0) is 64.5 Å². The number of nitrogens with one attached hydrogen (secondary N) is 1. The number of nitriles is 1. The third-order valence-electron chi connectivity index (χ3n) is 2.96. The van der Waals surface area contributed by atoms with Crippen LogP contribution in [-0.4, -0.2) is 9.55 Å². The summed E-state index contributed by atoms with van der Waals surface area (Å²) in [7, 11) is 0. The van der Waals surface area contributed by atoms with Crippen molar-refractivity contribution in [3.63, 3.8) is 0 Å². The first-order chi connectivity index (χ1) is 9.60. The smallest absolute Gasteiger partial charge is 0.182 e. The highest BCUT2D eigenvalue weighted by Crippen LogP contribution is 2.27. The van der Waals surface area contributed by atoms with Gasteiger partial charge in [-0.25, -0.2) is 4.39 Å². The Balaban J connectivity index is 2.38. The molecule has 0 saturated heterocycles. The summed E-state index contributed by atoms with van der Waals surface area (Å²) in [5.41, 5.74) is 2.86. The lowest BCUT2D eigenvalue weighted by molar-refractivity contribution is 0.626. The first-order valence-corrected chi connectivity index (χ1v) is 6.90. The summed E-state index contributed by atoms with van der Waals surface area (Å²) in [4.78, 5) is 3.07. The minimum absolute atomic E-state index is 0.329. The van der Waals surface area contributed by atoms with E-state index in [-0.39, 0.29) is 5.82 Å². The van der Waals surface area contributed by atoms with E-state index in [4.69, 9.17) is 17.5 Å². The maximum absolute atomic E-state index is 13.2. The van der Waals surface area contributed by atoms with Gasteiger partial charge in [-0.3, -0.25) is 4.57 Å². The largest absolute Gasteiger partial charge is 0.330 e. The van der Waals surface area contributed by atoms with Crippen molar-refractivity contribution in [3.8, 4) is 11.8 Å². The summed E-state index contributed by atoms with van der Waals surface area (Å²) in [6.45, 7) is 0. The first-order valence-electron chi connectivity index (χ1n) is 5.70. The van der Waals surface area contributed by atoms with Crippen molar-refractivity contribution in [2.75, 3.05) is 0 Å². The van der Waals surface area contributed by atoms with Gasteiger partial charge in [0.15, 0.2) is 4.77 Å². The highest BCUT2D eigenvalue weighted by molar-refractivity contribution is 9.10. The SMILES string of the molecule is N#Cc1ccc2[nH]c(=S)n(-c3ccc(F)cc3Br)c2c1. The van der Waals surface area contributed by atoms with Crippen molar-refractivity contribution in [2.24, 2.45) is 0 Å². The number of aromatic amines is 1. The molecule has 3 nitrogen and oxygen atoms in total. The second-order valence-corrected chi connectivity index (χ2v) is 5.45. The number of nitrogens with zero attached hydrogens (tertiary/aromatic N) is 2. The summed E-state index contributed by atoms with van der Waals surface area (Å²) in [6, 6.07) is 11.8. The van der Waals surface area contributed by atoms with Crippen molar-refractivity contribution in [3.05, 3.63) is 57.0 Å². The average molecular weight is 348 g/mol. The van der Waals surface area contributed by atoms with Crippen LogP contribution in [0.1, 0.15) is 5.56 Å². The lowest BCUT2D eigenvalue weighted by Crippen LogP contribution is -1.96. The zero-order valence-corrected chi connectivity index (χ0v) is 12.4. The molecule has 0 aliphatic rings. The third-order valence-corrected chi connectivity index (χ3v) is 3.88. The Labute approximate surface area is 127 Å². The number of hydrogen-bond acceptors (Lipinski definition) is 2. The molecule has 0 atom stereocenters. The Hall–Kier alpha value is -1.97. The molecule has 0 radical (unpaired) electrons. The normalized spacial score (nSPS) is 10.7. The maximum Gasteiger partial charge on any atom is 0.182 e. The number of imidazole rings is 1. The number of fused-ring (bicyclic) bond motifs is 1. The van der Waals surface area contributed by atoms with Crippen molar-refractivity contribution in [1.82, 2.24) is 9.55 Å². The van der Waals surface area contributed by atoms with Crippen LogP contribution in [0.15, 0.2) is 40.9 Å². The number of aromatic nitrogens is 2. The zero-order chi connectivity index (χ0) is 14.3. The number of benzene rings is 2. The summed E-state index contributed by atoms with van der Waals surface area (Å²) in [5, 5.41) is 9.00. The van der Waals surface area contributed by atoms with Crippen LogP contribution in [0.4, 0.5) is 4.39 Å². The molecule has 0 saturated carbocycles. The lowest BCUT2D eigenvalue weighted by Gasteiger charge is -2.07. The third kappa shape index (κ3) is 2.05. The molecule has 1 N–H and O–H groups in total. The lowest BCUT2D eigenvalue weighted by atomic mass is 10.2. The van der Waals surface area contributed by atoms with E-state index in [1.165, 1.54) is 12.1 Å². The first kappa shape index (κ1) is 13.0. The molecule has 0 spiro atoms. The van der Waals surface area contributed by atoms with Gasteiger partial charge in [-0.2, -0.15) is 5.26 Å². The summed E-state index contributed by atoms with van der Waals surface area (Å²) in [5.74, 6) is -0.329. The second-order valence-electron chi connectivity index (χ2n) is 4.21. The number of halogens is 2. The molecular weight excluding hydrogens is 341 g/mol. The van der Waals surface area contributed by atoms with Gasteiger partial charge in [0.1, 0.15) is 5.82 Å². The maximum atomic E-state index is 13.2. The van der Waals surface area contributed by atoms with E-state index in [1.807, 2.05) is 0 Å². The van der Waals surface area contributed by atoms with E-state index < -0.39 is 0 Å². The number of hydrogen-bond donors (Lipinski definition) is 1. The van der Waals surface area contributed by atoms with Gasteiger partial charge in [0.25, 0.3) is 0 Å². The van der Waals surface area contributed by atoms with Crippen LogP contribution in [0.3, 0.4) is 0 Å². The zero-order valence-electron chi connectivity index (χ0n) is 10.0. The summed E-state index contributed by atoms with van der Waals surface area (Å²) < 4.78 is 16.1. The van der Waals surface area contributed by atoms with Crippen molar-refractivity contribution >= 4 is 39.2 Å². The fraction of sp³-hybridized carbons (Fsp3) is 0. The van der Waals surface area contributed by atoms with Gasteiger partial charge >= 0.3 is 0 Å². The molecule has 0 amide bonds. The van der Waals surface area contributed by atoms with Gasteiger partial charge in [0.05, 0.1) is 28.4 Å². The quantitative estimate of drug-likeness (QED) is 0.660. The van der Waals surface area contributed by atoms with Crippen molar-refractivity contribution in [1.29, 1.82) is 5.26 Å². The molecule has 3 rings (SSSR count). The monoisotopic (exact) mass is 347 g/mol. The summed E-state index contributed by atoms with van der Waals surface area (Å²) in [6.07, 6.45) is 0. The molecule has 0 fully saturated rings. The minimum atomic E-state index is -0.329. The predicted octanol–water partition coefficient (Wildman–Crippen LogP) is 4.46. The highest BCUT2D eigenvalue weighted by atomic mass is 79.9. The molecule has 6 heteroatoms. The molecule has 3 aromatic rings. The number of H-pyrrole nitrogens is 1.